The fourth-order valence-electron chi connectivity index (χ4n) is 2.72. The Morgan fingerprint density at radius 3 is 1.46 bits per heavy atom. The molecule has 0 unspecified atom stereocenters. The van der Waals surface area contributed by atoms with E-state index in [1.165, 1.54) is 9.80 Å². The second kappa shape index (κ2) is 6.69. The molecule has 124 valence electrons. The van der Waals surface area contributed by atoms with Gasteiger partial charge in [-0.2, -0.15) is 0 Å². The zero-order chi connectivity index (χ0) is 17.4. The highest BCUT2D eigenvalue weighted by molar-refractivity contribution is 9.11. The summed E-state index contributed by atoms with van der Waals surface area (Å²) in [6.07, 6.45) is 0. The number of halogens is 2. The topological polar surface area (TPSA) is 40.6 Å². The zero-order valence-electron chi connectivity index (χ0n) is 13.3. The largest absolute Gasteiger partial charge is 0.300 e. The minimum absolute atomic E-state index is 0.0286. The van der Waals surface area contributed by atoms with Gasteiger partial charge in [-0.1, -0.05) is 12.1 Å². The van der Waals surface area contributed by atoms with Crippen LogP contribution in [0.4, 0.5) is 11.4 Å². The first-order valence-corrected chi connectivity index (χ1v) is 9.08. The van der Waals surface area contributed by atoms with Crippen molar-refractivity contribution in [3.63, 3.8) is 0 Å². The third kappa shape index (κ3) is 3.26. The quantitative estimate of drug-likeness (QED) is 0.686. The van der Waals surface area contributed by atoms with Crippen LogP contribution in [0.25, 0.3) is 0 Å². The molecular weight excluding hydrogens is 436 g/mol. The van der Waals surface area contributed by atoms with Crippen molar-refractivity contribution in [3.8, 4) is 0 Å². The Balaban J connectivity index is 1.89. The lowest BCUT2D eigenvalue weighted by atomic mass is 10.1. The molecule has 0 saturated carbocycles. The molecule has 6 heteroatoms. The van der Waals surface area contributed by atoms with Crippen LogP contribution in [0, 0.1) is 13.8 Å². The van der Waals surface area contributed by atoms with Crippen molar-refractivity contribution in [3.05, 3.63) is 56.5 Å². The van der Waals surface area contributed by atoms with E-state index in [0.29, 0.717) is 0 Å². The van der Waals surface area contributed by atoms with Crippen LogP contribution in [0.15, 0.2) is 45.3 Å². The van der Waals surface area contributed by atoms with Gasteiger partial charge in [0.25, 0.3) is 0 Å². The maximum Gasteiger partial charge on any atom is 0.247 e. The van der Waals surface area contributed by atoms with Gasteiger partial charge in [0, 0.05) is 8.95 Å². The van der Waals surface area contributed by atoms with Crippen molar-refractivity contribution in [1.29, 1.82) is 0 Å². The van der Waals surface area contributed by atoms with Gasteiger partial charge in [-0.25, -0.2) is 0 Å². The number of aryl methyl sites for hydroxylation is 2. The minimum Gasteiger partial charge on any atom is -0.300 e. The summed E-state index contributed by atoms with van der Waals surface area (Å²) in [4.78, 5) is 28.3. The second-order valence-electron chi connectivity index (χ2n) is 5.87. The molecule has 2 aromatic carbocycles. The fraction of sp³-hybridized carbons (Fsp3) is 0.222. The van der Waals surface area contributed by atoms with Gasteiger partial charge in [0.15, 0.2) is 0 Å². The molecule has 2 aromatic rings. The van der Waals surface area contributed by atoms with E-state index < -0.39 is 0 Å². The van der Waals surface area contributed by atoms with Crippen molar-refractivity contribution in [1.82, 2.24) is 0 Å². The van der Waals surface area contributed by atoms with Gasteiger partial charge < -0.3 is 9.80 Å². The maximum atomic E-state index is 12.6. The average molecular weight is 452 g/mol. The van der Waals surface area contributed by atoms with E-state index in [9.17, 15) is 9.59 Å². The van der Waals surface area contributed by atoms with Crippen LogP contribution in [-0.4, -0.2) is 24.9 Å². The number of piperazine rings is 1. The van der Waals surface area contributed by atoms with Crippen molar-refractivity contribution < 1.29 is 9.59 Å². The van der Waals surface area contributed by atoms with Gasteiger partial charge in [0.2, 0.25) is 11.8 Å². The van der Waals surface area contributed by atoms with E-state index in [0.717, 1.165) is 31.4 Å². The smallest absolute Gasteiger partial charge is 0.247 e. The summed E-state index contributed by atoms with van der Waals surface area (Å²) in [5.41, 5.74) is 3.63. The summed E-state index contributed by atoms with van der Waals surface area (Å²) < 4.78 is 1.63. The third-order valence-electron chi connectivity index (χ3n) is 3.98. The second-order valence-corrected chi connectivity index (χ2v) is 7.58. The van der Waals surface area contributed by atoms with Gasteiger partial charge in [-0.15, -0.1) is 0 Å². The van der Waals surface area contributed by atoms with Crippen LogP contribution in [0.2, 0.25) is 0 Å². The van der Waals surface area contributed by atoms with Gasteiger partial charge in [-0.3, -0.25) is 9.59 Å². The van der Waals surface area contributed by atoms with Gasteiger partial charge in [0.1, 0.15) is 13.1 Å². The number of hydrogen-bond acceptors (Lipinski definition) is 2. The number of amides is 2. The first-order chi connectivity index (χ1) is 11.4. The number of carbonyl (C=O) groups excluding carboxylic acids is 2. The average Bonchev–Trinajstić information content (AvgIpc) is 2.50. The van der Waals surface area contributed by atoms with Crippen LogP contribution < -0.4 is 9.80 Å². The van der Waals surface area contributed by atoms with E-state index in [4.69, 9.17) is 0 Å². The molecule has 0 aromatic heterocycles. The summed E-state index contributed by atoms with van der Waals surface area (Å²) >= 11 is 6.97. The highest BCUT2D eigenvalue weighted by Gasteiger charge is 2.33. The Kier molecular flexibility index (Phi) is 4.78. The molecule has 1 saturated heterocycles. The lowest BCUT2D eigenvalue weighted by Gasteiger charge is -2.34. The highest BCUT2D eigenvalue weighted by atomic mass is 79.9. The van der Waals surface area contributed by atoms with Crippen molar-refractivity contribution in [2.24, 2.45) is 0 Å². The number of carbonyl (C=O) groups is 2. The Bertz CT molecular complexity index is 766. The standard InChI is InChI=1S/C18H16Br2N2O2/c1-11-3-5-15(13(19)7-11)21-9-18(24)22(10-17(21)23)16-6-4-12(2)8-14(16)20/h3-8H,9-10H2,1-2H3. The number of anilines is 2. The molecule has 0 bridgehead atoms. The predicted molar refractivity (Wildman–Crippen MR) is 102 cm³/mol. The summed E-state index contributed by atoms with van der Waals surface area (Å²) in [5.74, 6) is -0.210. The van der Waals surface area contributed by atoms with E-state index in [1.54, 1.807) is 0 Å². The molecule has 4 nitrogen and oxygen atoms in total. The Morgan fingerprint density at radius 2 is 1.12 bits per heavy atom. The predicted octanol–water partition coefficient (Wildman–Crippen LogP) is 4.21. The number of rotatable bonds is 2. The molecular formula is C18H16Br2N2O2. The molecule has 1 aliphatic heterocycles. The lowest BCUT2D eigenvalue weighted by molar-refractivity contribution is -0.125. The first-order valence-electron chi connectivity index (χ1n) is 7.50. The summed E-state index contributed by atoms with van der Waals surface area (Å²) in [6.45, 7) is 4.02. The molecule has 1 heterocycles. The molecule has 0 radical (unpaired) electrons. The third-order valence-corrected chi connectivity index (χ3v) is 5.25. The maximum absolute atomic E-state index is 12.6. The highest BCUT2D eigenvalue weighted by Crippen LogP contribution is 2.32. The van der Waals surface area contributed by atoms with Crippen LogP contribution in [0.3, 0.4) is 0 Å². The van der Waals surface area contributed by atoms with Crippen LogP contribution >= 0.6 is 31.9 Å². The van der Waals surface area contributed by atoms with E-state index in [1.807, 2.05) is 50.2 Å². The van der Waals surface area contributed by atoms with Gasteiger partial charge in [-0.05, 0) is 81.1 Å². The van der Waals surface area contributed by atoms with Crippen molar-refractivity contribution in [2.45, 2.75) is 13.8 Å². The summed E-state index contributed by atoms with van der Waals surface area (Å²) in [7, 11) is 0. The number of hydrogen-bond donors (Lipinski definition) is 0. The van der Waals surface area contributed by atoms with E-state index >= 15 is 0 Å². The first kappa shape index (κ1) is 17.2. The molecule has 0 aliphatic carbocycles. The summed E-state index contributed by atoms with van der Waals surface area (Å²) in [5, 5.41) is 0. The molecule has 0 spiro atoms. The minimum atomic E-state index is -0.105. The zero-order valence-corrected chi connectivity index (χ0v) is 16.5. The molecule has 0 N–H and O–H groups in total. The molecule has 1 aliphatic rings. The summed E-state index contributed by atoms with van der Waals surface area (Å²) in [6, 6.07) is 11.5. The van der Waals surface area contributed by atoms with E-state index in [2.05, 4.69) is 31.9 Å². The van der Waals surface area contributed by atoms with Crippen molar-refractivity contribution >= 4 is 55.0 Å². The monoisotopic (exact) mass is 450 g/mol. The molecule has 1 fully saturated rings. The normalized spacial score (nSPS) is 15.2. The van der Waals surface area contributed by atoms with E-state index in [-0.39, 0.29) is 24.9 Å². The Labute approximate surface area is 157 Å². The Morgan fingerprint density at radius 1 is 0.750 bits per heavy atom. The van der Waals surface area contributed by atoms with Crippen LogP contribution in [-0.2, 0) is 9.59 Å². The SMILES string of the molecule is Cc1ccc(N2CC(=O)N(c3ccc(C)cc3Br)CC2=O)c(Br)c1. The number of nitrogens with zero attached hydrogens (tertiary/aromatic N) is 2. The fourth-order valence-corrected chi connectivity index (χ4v) is 4.13. The lowest BCUT2D eigenvalue weighted by Crippen LogP contribution is -2.54. The molecule has 2 amide bonds. The van der Waals surface area contributed by atoms with Crippen LogP contribution in [0.5, 0.6) is 0 Å². The molecule has 3 rings (SSSR count). The van der Waals surface area contributed by atoms with Crippen molar-refractivity contribution in [2.75, 3.05) is 22.9 Å². The molecule has 24 heavy (non-hydrogen) atoms. The van der Waals surface area contributed by atoms with Crippen LogP contribution in [0.1, 0.15) is 11.1 Å². The van der Waals surface area contributed by atoms with Gasteiger partial charge in [0.05, 0.1) is 11.4 Å². The molecule has 0 atom stereocenters. The Hall–Kier alpha value is -1.66. The van der Waals surface area contributed by atoms with Gasteiger partial charge >= 0.3 is 0 Å². The number of benzene rings is 2.